The molecule has 0 aromatic rings. The van der Waals surface area contributed by atoms with Gasteiger partial charge in [0.2, 0.25) is 0 Å². The van der Waals surface area contributed by atoms with Crippen LogP contribution >= 0.6 is 0 Å². The Hall–Kier alpha value is -0.560. The van der Waals surface area contributed by atoms with Gasteiger partial charge < -0.3 is 5.11 Å². The highest BCUT2D eigenvalue weighted by atomic mass is 16.3. The van der Waals surface area contributed by atoms with Crippen molar-refractivity contribution in [3.63, 3.8) is 0 Å². The molecule has 0 bridgehead atoms. The highest BCUT2D eigenvalue weighted by Crippen LogP contribution is 2.83. The monoisotopic (exact) mass is 408 g/mol. The van der Waals surface area contributed by atoms with Crippen LogP contribution in [0.5, 0.6) is 0 Å². The number of allylic oxidation sites excluding steroid dienone is 3. The van der Waals surface area contributed by atoms with E-state index >= 15 is 0 Å². The third-order valence-electron chi connectivity index (χ3n) is 12.7. The Morgan fingerprint density at radius 3 is 2.13 bits per heavy atom. The molecule has 6 aliphatic rings. The van der Waals surface area contributed by atoms with Gasteiger partial charge in [-0.3, -0.25) is 0 Å². The van der Waals surface area contributed by atoms with Crippen LogP contribution in [-0.2, 0) is 0 Å². The molecule has 6 atom stereocenters. The van der Waals surface area contributed by atoms with E-state index < -0.39 is 0 Å². The second-order valence-corrected chi connectivity index (χ2v) is 13.6. The van der Waals surface area contributed by atoms with Gasteiger partial charge in [0.15, 0.2) is 0 Å². The molecule has 0 radical (unpaired) electrons. The van der Waals surface area contributed by atoms with Crippen LogP contribution in [0.1, 0.15) is 98.3 Å². The summed E-state index contributed by atoms with van der Waals surface area (Å²) >= 11 is 0. The summed E-state index contributed by atoms with van der Waals surface area (Å²) in [6.07, 6.45) is 17.9. The van der Waals surface area contributed by atoms with Crippen molar-refractivity contribution in [2.45, 2.75) is 98.3 Å². The van der Waals surface area contributed by atoms with Crippen LogP contribution in [-0.4, -0.2) is 11.7 Å². The fourth-order valence-corrected chi connectivity index (χ4v) is 11.4. The molecule has 0 heterocycles. The lowest BCUT2D eigenvalue weighted by Gasteiger charge is -2.63. The maximum absolute atomic E-state index is 11.0. The Labute approximate surface area is 184 Å². The lowest BCUT2D eigenvalue weighted by atomic mass is 9.41. The van der Waals surface area contributed by atoms with Crippen molar-refractivity contribution in [2.75, 3.05) is 6.61 Å². The zero-order chi connectivity index (χ0) is 21.2. The maximum Gasteiger partial charge on any atom is 0.0473 e. The quantitative estimate of drug-likeness (QED) is 0.482. The van der Waals surface area contributed by atoms with Gasteiger partial charge in [0, 0.05) is 6.61 Å². The zero-order valence-corrected chi connectivity index (χ0v) is 20.0. The van der Waals surface area contributed by atoms with Crippen molar-refractivity contribution >= 4 is 0 Å². The van der Waals surface area contributed by atoms with Crippen LogP contribution < -0.4 is 0 Å². The molecule has 6 rings (SSSR count). The Balaban J connectivity index is 1.56. The van der Waals surface area contributed by atoms with E-state index in [1.54, 1.807) is 5.57 Å². The average Bonchev–Trinajstić information content (AvgIpc) is 3.18. The molecule has 0 saturated heterocycles. The minimum Gasteiger partial charge on any atom is -0.396 e. The number of rotatable bonds is 1. The topological polar surface area (TPSA) is 20.2 Å². The largest absolute Gasteiger partial charge is 0.396 e. The molecule has 166 valence electrons. The molecule has 0 aromatic carbocycles. The first kappa shape index (κ1) is 20.1. The van der Waals surface area contributed by atoms with Gasteiger partial charge in [-0.05, 0) is 95.7 Å². The third-order valence-corrected chi connectivity index (χ3v) is 12.7. The van der Waals surface area contributed by atoms with Crippen LogP contribution in [0.15, 0.2) is 23.8 Å². The molecule has 1 N–H and O–H groups in total. The molecule has 3 spiro atoms. The van der Waals surface area contributed by atoms with Crippen LogP contribution in [0.2, 0.25) is 0 Å². The number of hydrogen-bond donors (Lipinski definition) is 1. The minimum atomic E-state index is 0.233. The van der Waals surface area contributed by atoms with Gasteiger partial charge >= 0.3 is 0 Å². The molecule has 0 aromatic heterocycles. The summed E-state index contributed by atoms with van der Waals surface area (Å²) in [5, 5.41) is 11.0. The number of aliphatic hydroxyl groups excluding tert-OH is 1. The van der Waals surface area contributed by atoms with Gasteiger partial charge in [0.1, 0.15) is 0 Å². The fraction of sp³-hybridized carbons (Fsp3) is 0.862. The fourth-order valence-electron chi connectivity index (χ4n) is 11.4. The Morgan fingerprint density at radius 1 is 0.933 bits per heavy atom. The summed E-state index contributed by atoms with van der Waals surface area (Å²) in [7, 11) is 0. The molecule has 0 amide bonds. The first-order valence-electron chi connectivity index (χ1n) is 13.2. The second kappa shape index (κ2) is 5.86. The SMILES string of the molecule is C=C1C=C2C3(CCC4(CCCC4)C3CO)CC3(CCCC3)C(C)C2(C)C2C1C2(C)C. The molecular formula is C29H44O. The smallest absolute Gasteiger partial charge is 0.0473 e. The summed E-state index contributed by atoms with van der Waals surface area (Å²) in [5.74, 6) is 2.67. The van der Waals surface area contributed by atoms with Crippen molar-refractivity contribution in [2.24, 2.45) is 50.7 Å². The van der Waals surface area contributed by atoms with E-state index in [1.807, 2.05) is 0 Å². The van der Waals surface area contributed by atoms with Gasteiger partial charge in [-0.25, -0.2) is 0 Å². The molecule has 5 fully saturated rings. The van der Waals surface area contributed by atoms with Gasteiger partial charge in [-0.15, -0.1) is 0 Å². The van der Waals surface area contributed by atoms with Crippen molar-refractivity contribution in [3.05, 3.63) is 23.8 Å². The summed E-state index contributed by atoms with van der Waals surface area (Å²) < 4.78 is 0. The summed E-state index contributed by atoms with van der Waals surface area (Å²) in [6, 6.07) is 0. The molecular weight excluding hydrogens is 364 g/mol. The van der Waals surface area contributed by atoms with Gasteiger partial charge in [-0.1, -0.05) is 77.2 Å². The number of fused-ring (bicyclic) bond motifs is 4. The Kier molecular flexibility index (Phi) is 3.92. The lowest BCUT2D eigenvalue weighted by Crippen LogP contribution is -2.57. The van der Waals surface area contributed by atoms with E-state index in [0.717, 1.165) is 11.8 Å². The highest BCUT2D eigenvalue weighted by molar-refractivity contribution is 5.49. The Bertz CT molecular complexity index is 804. The molecule has 1 heteroatoms. The third kappa shape index (κ3) is 2.06. The zero-order valence-electron chi connectivity index (χ0n) is 20.0. The molecule has 5 saturated carbocycles. The minimum absolute atomic E-state index is 0.233. The van der Waals surface area contributed by atoms with E-state index in [2.05, 4.69) is 40.3 Å². The van der Waals surface area contributed by atoms with Crippen LogP contribution in [0.4, 0.5) is 0 Å². The Morgan fingerprint density at radius 2 is 1.53 bits per heavy atom. The summed E-state index contributed by atoms with van der Waals surface area (Å²) in [4.78, 5) is 0. The average molecular weight is 409 g/mol. The molecule has 0 aliphatic heterocycles. The van der Waals surface area contributed by atoms with Gasteiger partial charge in [0.05, 0.1) is 0 Å². The predicted octanol–water partition coefficient (Wildman–Crippen LogP) is 7.31. The first-order chi connectivity index (χ1) is 14.2. The highest BCUT2D eigenvalue weighted by Gasteiger charge is 2.76. The first-order valence-corrected chi connectivity index (χ1v) is 13.2. The predicted molar refractivity (Wildman–Crippen MR) is 124 cm³/mol. The van der Waals surface area contributed by atoms with E-state index in [-0.39, 0.29) is 10.8 Å². The van der Waals surface area contributed by atoms with Crippen LogP contribution in [0.25, 0.3) is 0 Å². The number of hydrogen-bond acceptors (Lipinski definition) is 1. The van der Waals surface area contributed by atoms with Crippen molar-refractivity contribution < 1.29 is 5.11 Å². The summed E-state index contributed by atoms with van der Waals surface area (Å²) in [5.41, 5.74) is 5.01. The molecule has 6 unspecified atom stereocenters. The van der Waals surface area contributed by atoms with Gasteiger partial charge in [0.25, 0.3) is 0 Å². The molecule has 6 aliphatic carbocycles. The van der Waals surface area contributed by atoms with Crippen LogP contribution in [0.3, 0.4) is 0 Å². The lowest BCUT2D eigenvalue weighted by molar-refractivity contribution is -0.0807. The van der Waals surface area contributed by atoms with E-state index in [0.29, 0.717) is 34.7 Å². The van der Waals surface area contributed by atoms with E-state index in [1.165, 1.54) is 76.2 Å². The van der Waals surface area contributed by atoms with Crippen molar-refractivity contribution in [1.29, 1.82) is 0 Å². The second-order valence-electron chi connectivity index (χ2n) is 13.6. The standard InChI is InChI=1S/C29H44O/c1-19-16-21-26(5,24-23(19)25(24,3)4)20(2)28(12-8-9-13-28)18-29(21)15-14-27(22(29)17-30)10-6-7-11-27/h16,20,22-24,30H,1,6-15,17-18H2,2-5H3. The van der Waals surface area contributed by atoms with E-state index in [4.69, 9.17) is 0 Å². The maximum atomic E-state index is 11.0. The normalized spacial score (nSPS) is 49.5. The van der Waals surface area contributed by atoms with Crippen molar-refractivity contribution in [1.82, 2.24) is 0 Å². The molecule has 30 heavy (non-hydrogen) atoms. The summed E-state index contributed by atoms with van der Waals surface area (Å²) in [6.45, 7) is 15.4. The van der Waals surface area contributed by atoms with Crippen LogP contribution in [0, 0.1) is 50.7 Å². The van der Waals surface area contributed by atoms with Gasteiger partial charge in [-0.2, -0.15) is 0 Å². The van der Waals surface area contributed by atoms with E-state index in [9.17, 15) is 5.11 Å². The van der Waals surface area contributed by atoms with Crippen molar-refractivity contribution in [3.8, 4) is 0 Å². The molecule has 1 nitrogen and oxygen atoms in total. The number of aliphatic hydroxyl groups is 1.